The minimum absolute atomic E-state index is 0.171. The number of rotatable bonds is 2. The summed E-state index contributed by atoms with van der Waals surface area (Å²) in [7, 11) is -2.07. The lowest BCUT2D eigenvalue weighted by atomic mass is 10.0. The molecule has 0 N–H and O–H groups in total. The molecule has 0 bridgehead atoms. The van der Waals surface area contributed by atoms with Crippen LogP contribution in [-0.2, 0) is 26.0 Å². The Morgan fingerprint density at radius 1 is 1.19 bits per heavy atom. The summed E-state index contributed by atoms with van der Waals surface area (Å²) in [6.45, 7) is 0.241. The van der Waals surface area contributed by atoms with Gasteiger partial charge in [0, 0.05) is 33.0 Å². The molecule has 144 valence electrons. The first-order valence-electron chi connectivity index (χ1n) is 8.60. The Morgan fingerprint density at radius 3 is 2.48 bits per heavy atom. The van der Waals surface area contributed by atoms with E-state index in [4.69, 9.17) is 4.42 Å². The minimum atomic E-state index is -3.57. The molecule has 3 heterocycles. The van der Waals surface area contributed by atoms with Gasteiger partial charge >= 0.3 is 5.76 Å². The summed E-state index contributed by atoms with van der Waals surface area (Å²) in [6.07, 6.45) is 0.342. The lowest BCUT2D eigenvalue weighted by molar-refractivity contribution is -0.135. The molecule has 0 unspecified atom stereocenters. The zero-order valence-corrected chi connectivity index (χ0v) is 15.6. The van der Waals surface area contributed by atoms with Crippen LogP contribution in [0.25, 0.3) is 11.1 Å². The maximum absolute atomic E-state index is 12.7. The standard InChI is InChI=1S/C17H19N3O6S/c1-18-15(22)11-27(24,25)17(18)6-8-19(9-7-17)14(21)10-20-12-4-2-3-5-13(12)26-16(20)23/h2-5H,6-11H2,1H3. The molecule has 0 aliphatic carbocycles. The number of aromatic nitrogens is 1. The van der Waals surface area contributed by atoms with E-state index in [1.54, 1.807) is 24.3 Å². The summed E-state index contributed by atoms with van der Waals surface area (Å²) >= 11 is 0. The number of likely N-dealkylation sites (tertiary alicyclic amines) is 1. The minimum Gasteiger partial charge on any atom is -0.408 e. The van der Waals surface area contributed by atoms with Crippen molar-refractivity contribution in [1.82, 2.24) is 14.4 Å². The molecular formula is C17H19N3O6S. The van der Waals surface area contributed by atoms with Crippen molar-refractivity contribution in [2.45, 2.75) is 24.3 Å². The van der Waals surface area contributed by atoms with E-state index in [-0.39, 0.29) is 38.4 Å². The molecule has 27 heavy (non-hydrogen) atoms. The van der Waals surface area contributed by atoms with Crippen LogP contribution in [0.15, 0.2) is 33.5 Å². The molecule has 1 aromatic carbocycles. The van der Waals surface area contributed by atoms with E-state index in [2.05, 4.69) is 0 Å². The summed E-state index contributed by atoms with van der Waals surface area (Å²) in [5, 5.41) is 0. The number of oxazole rings is 1. The fourth-order valence-electron chi connectivity index (χ4n) is 3.98. The SMILES string of the molecule is CN1C(=O)CS(=O)(=O)C12CCN(C(=O)Cn1c(=O)oc3ccccc31)CC2. The van der Waals surface area contributed by atoms with E-state index < -0.39 is 32.1 Å². The van der Waals surface area contributed by atoms with Crippen LogP contribution in [0.2, 0.25) is 0 Å². The van der Waals surface area contributed by atoms with Gasteiger partial charge in [-0.05, 0) is 12.1 Å². The quantitative estimate of drug-likeness (QED) is 0.699. The number of amides is 2. The largest absolute Gasteiger partial charge is 0.420 e. The van der Waals surface area contributed by atoms with Gasteiger partial charge in [0.1, 0.15) is 17.2 Å². The maximum atomic E-state index is 12.7. The van der Waals surface area contributed by atoms with Crippen LogP contribution in [0.1, 0.15) is 12.8 Å². The predicted molar refractivity (Wildman–Crippen MR) is 95.6 cm³/mol. The Bertz CT molecular complexity index is 1090. The summed E-state index contributed by atoms with van der Waals surface area (Å²) < 4.78 is 31.3. The van der Waals surface area contributed by atoms with Crippen molar-refractivity contribution < 1.29 is 22.4 Å². The molecule has 2 fully saturated rings. The smallest absolute Gasteiger partial charge is 0.408 e. The van der Waals surface area contributed by atoms with Gasteiger partial charge in [0.25, 0.3) is 0 Å². The number of hydrogen-bond acceptors (Lipinski definition) is 6. The number of nitrogens with zero attached hydrogens (tertiary/aromatic N) is 3. The summed E-state index contributed by atoms with van der Waals surface area (Å²) in [6, 6.07) is 6.84. The molecule has 2 aliphatic rings. The number of hydrogen-bond donors (Lipinski definition) is 0. The van der Waals surface area contributed by atoms with Gasteiger partial charge in [-0.25, -0.2) is 13.2 Å². The van der Waals surface area contributed by atoms with E-state index >= 15 is 0 Å². The molecule has 1 spiro atoms. The highest BCUT2D eigenvalue weighted by Gasteiger charge is 2.57. The molecule has 0 saturated carbocycles. The van der Waals surface area contributed by atoms with Gasteiger partial charge in [0.15, 0.2) is 15.4 Å². The third kappa shape index (κ3) is 2.58. The third-order valence-electron chi connectivity index (χ3n) is 5.64. The Morgan fingerprint density at radius 2 is 1.85 bits per heavy atom. The van der Waals surface area contributed by atoms with Crippen LogP contribution >= 0.6 is 0 Å². The van der Waals surface area contributed by atoms with E-state index in [1.807, 2.05) is 0 Å². The van der Waals surface area contributed by atoms with Crippen molar-refractivity contribution in [3.63, 3.8) is 0 Å². The average molecular weight is 393 g/mol. The van der Waals surface area contributed by atoms with Gasteiger partial charge in [-0.1, -0.05) is 12.1 Å². The molecule has 10 heteroatoms. The first kappa shape index (κ1) is 17.8. The van der Waals surface area contributed by atoms with Gasteiger partial charge in [-0.3, -0.25) is 14.2 Å². The van der Waals surface area contributed by atoms with Crippen molar-refractivity contribution in [3.05, 3.63) is 34.8 Å². The highest BCUT2D eigenvalue weighted by Crippen LogP contribution is 2.38. The van der Waals surface area contributed by atoms with E-state index in [9.17, 15) is 22.8 Å². The topological polar surface area (TPSA) is 110 Å². The van der Waals surface area contributed by atoms with Gasteiger partial charge in [0.05, 0.1) is 5.52 Å². The second kappa shape index (κ2) is 5.95. The Balaban J connectivity index is 1.52. The van der Waals surface area contributed by atoms with E-state index in [0.29, 0.717) is 11.1 Å². The molecule has 4 rings (SSSR count). The van der Waals surface area contributed by atoms with Crippen molar-refractivity contribution in [2.24, 2.45) is 0 Å². The van der Waals surface area contributed by atoms with Crippen LogP contribution in [0.4, 0.5) is 0 Å². The van der Waals surface area contributed by atoms with Gasteiger partial charge < -0.3 is 14.2 Å². The molecule has 1 aromatic heterocycles. The van der Waals surface area contributed by atoms with Gasteiger partial charge in [-0.2, -0.15) is 0 Å². The number of piperidine rings is 1. The van der Waals surface area contributed by atoms with Crippen molar-refractivity contribution in [1.29, 1.82) is 0 Å². The maximum Gasteiger partial charge on any atom is 0.420 e. The fourth-order valence-corrected chi connectivity index (χ4v) is 6.09. The Kier molecular flexibility index (Phi) is 3.91. The summed E-state index contributed by atoms with van der Waals surface area (Å²) in [5.74, 6) is -1.79. The van der Waals surface area contributed by atoms with Crippen LogP contribution in [-0.4, -0.2) is 65.4 Å². The van der Waals surface area contributed by atoms with Crippen molar-refractivity contribution >= 4 is 32.8 Å². The molecular weight excluding hydrogens is 374 g/mol. The number of sulfone groups is 1. The normalized spacial score (nSPS) is 21.3. The molecule has 2 aromatic rings. The monoisotopic (exact) mass is 393 g/mol. The molecule has 0 atom stereocenters. The second-order valence-electron chi connectivity index (χ2n) is 6.96. The Hall–Kier alpha value is -2.62. The highest BCUT2D eigenvalue weighted by atomic mass is 32.2. The first-order valence-corrected chi connectivity index (χ1v) is 10.3. The molecule has 0 radical (unpaired) electrons. The molecule has 2 aliphatic heterocycles. The summed E-state index contributed by atoms with van der Waals surface area (Å²) in [5.41, 5.74) is 0.943. The van der Waals surface area contributed by atoms with Crippen LogP contribution in [0.5, 0.6) is 0 Å². The third-order valence-corrected chi connectivity index (χ3v) is 8.11. The number of carbonyl (C=O) groups excluding carboxylic acids is 2. The van der Waals surface area contributed by atoms with E-state index in [1.165, 1.54) is 21.4 Å². The second-order valence-corrected chi connectivity index (χ2v) is 9.24. The molecule has 2 amide bonds. The van der Waals surface area contributed by atoms with Gasteiger partial charge in [0.2, 0.25) is 11.8 Å². The zero-order chi connectivity index (χ0) is 19.4. The lowest BCUT2D eigenvalue weighted by Gasteiger charge is -2.41. The average Bonchev–Trinajstić information content (AvgIpc) is 3.03. The van der Waals surface area contributed by atoms with Crippen molar-refractivity contribution in [3.8, 4) is 0 Å². The first-order chi connectivity index (χ1) is 12.7. The van der Waals surface area contributed by atoms with Gasteiger partial charge in [-0.15, -0.1) is 0 Å². The molecule has 9 nitrogen and oxygen atoms in total. The van der Waals surface area contributed by atoms with Crippen LogP contribution in [0.3, 0.4) is 0 Å². The number of benzene rings is 1. The van der Waals surface area contributed by atoms with Crippen LogP contribution in [0, 0.1) is 0 Å². The van der Waals surface area contributed by atoms with Crippen molar-refractivity contribution in [2.75, 3.05) is 25.9 Å². The number of fused-ring (bicyclic) bond motifs is 1. The lowest BCUT2D eigenvalue weighted by Crippen LogP contribution is -2.56. The van der Waals surface area contributed by atoms with E-state index in [0.717, 1.165) is 0 Å². The summed E-state index contributed by atoms with van der Waals surface area (Å²) in [4.78, 5) is 38.2. The fraction of sp³-hybridized carbons (Fsp3) is 0.471. The number of para-hydroxylation sites is 2. The number of carbonyl (C=O) groups is 2. The predicted octanol–water partition coefficient (Wildman–Crippen LogP) is -0.200. The molecule has 2 saturated heterocycles. The highest BCUT2D eigenvalue weighted by molar-refractivity contribution is 7.93. The van der Waals surface area contributed by atoms with Crippen LogP contribution < -0.4 is 5.76 Å². The zero-order valence-electron chi connectivity index (χ0n) is 14.8. The Labute approximate surface area is 155 Å².